The van der Waals surface area contributed by atoms with Gasteiger partial charge in [-0.1, -0.05) is 23.9 Å². The predicted octanol–water partition coefficient (Wildman–Crippen LogP) is 2.43. The van der Waals surface area contributed by atoms with E-state index in [1.54, 1.807) is 29.6 Å². The van der Waals surface area contributed by atoms with Gasteiger partial charge >= 0.3 is 0 Å². The number of methoxy groups -OCH3 is 1. The first-order chi connectivity index (χ1) is 9.35. The van der Waals surface area contributed by atoms with Crippen LogP contribution in [0.15, 0.2) is 47.9 Å². The average Bonchev–Trinajstić information content (AvgIpc) is 2.88. The van der Waals surface area contributed by atoms with Gasteiger partial charge in [0, 0.05) is 18.1 Å². The molecule has 0 fully saturated rings. The van der Waals surface area contributed by atoms with Gasteiger partial charge in [0.2, 0.25) is 5.16 Å². The third kappa shape index (κ3) is 2.68. The Bertz CT molecular complexity index is 647. The molecule has 0 radical (unpaired) electrons. The van der Waals surface area contributed by atoms with Gasteiger partial charge in [-0.15, -0.1) is 5.10 Å². The number of rotatable bonds is 4. The van der Waals surface area contributed by atoms with E-state index in [-0.39, 0.29) is 0 Å². The van der Waals surface area contributed by atoms with Crippen LogP contribution < -0.4 is 4.74 Å². The minimum atomic E-state index is 0.625. The largest absolute Gasteiger partial charge is 0.497 e. The van der Waals surface area contributed by atoms with E-state index in [9.17, 15) is 0 Å². The lowest BCUT2D eigenvalue weighted by atomic mass is 10.2. The van der Waals surface area contributed by atoms with E-state index in [1.165, 1.54) is 5.56 Å². The van der Waals surface area contributed by atoms with Crippen molar-refractivity contribution in [1.82, 2.24) is 19.6 Å². The Morgan fingerprint density at radius 3 is 2.84 bits per heavy atom. The van der Waals surface area contributed by atoms with Crippen LogP contribution in [0, 0.1) is 0 Å². The standard InChI is InChI=1S/C13H12N4OS/c1-18-11-5-3-10(4-6-11)9-19-13-15-12-14-7-2-8-17(12)16-13/h2-8H,9H2,1H3. The molecule has 3 aromatic rings. The first kappa shape index (κ1) is 12.0. The number of hydrogen-bond donors (Lipinski definition) is 0. The first-order valence-electron chi connectivity index (χ1n) is 5.78. The maximum atomic E-state index is 5.13. The SMILES string of the molecule is COc1ccc(CSc2nc3ncccn3n2)cc1. The van der Waals surface area contributed by atoms with Crippen LogP contribution in [0.3, 0.4) is 0 Å². The van der Waals surface area contributed by atoms with Crippen molar-refractivity contribution >= 4 is 17.5 Å². The van der Waals surface area contributed by atoms with Crippen LogP contribution in [0.2, 0.25) is 0 Å². The van der Waals surface area contributed by atoms with Crippen molar-refractivity contribution in [3.05, 3.63) is 48.3 Å². The fraction of sp³-hybridized carbons (Fsp3) is 0.154. The third-order valence-corrected chi connectivity index (χ3v) is 3.53. The molecular formula is C13H12N4OS. The summed E-state index contributed by atoms with van der Waals surface area (Å²) in [5.74, 6) is 2.31. The summed E-state index contributed by atoms with van der Waals surface area (Å²) in [5.41, 5.74) is 1.21. The number of ether oxygens (including phenoxy) is 1. The van der Waals surface area contributed by atoms with E-state index < -0.39 is 0 Å². The summed E-state index contributed by atoms with van der Waals surface area (Å²) < 4.78 is 6.81. The van der Waals surface area contributed by atoms with Crippen molar-refractivity contribution in [3.63, 3.8) is 0 Å². The average molecular weight is 272 g/mol. The van der Waals surface area contributed by atoms with E-state index >= 15 is 0 Å². The molecule has 0 unspecified atom stereocenters. The fourth-order valence-corrected chi connectivity index (χ4v) is 2.42. The molecule has 0 aliphatic heterocycles. The van der Waals surface area contributed by atoms with E-state index in [1.807, 2.05) is 36.5 Å². The van der Waals surface area contributed by atoms with Gasteiger partial charge in [0.15, 0.2) is 0 Å². The molecule has 2 heterocycles. The van der Waals surface area contributed by atoms with Gasteiger partial charge in [-0.2, -0.15) is 4.98 Å². The van der Waals surface area contributed by atoms with Crippen LogP contribution in [0.1, 0.15) is 5.56 Å². The van der Waals surface area contributed by atoms with E-state index in [0.717, 1.165) is 16.7 Å². The van der Waals surface area contributed by atoms with Crippen molar-refractivity contribution in [1.29, 1.82) is 0 Å². The molecule has 0 spiro atoms. The third-order valence-electron chi connectivity index (χ3n) is 2.62. The fourth-order valence-electron chi connectivity index (χ4n) is 1.64. The van der Waals surface area contributed by atoms with Crippen molar-refractivity contribution < 1.29 is 4.74 Å². The quantitative estimate of drug-likeness (QED) is 0.683. The summed E-state index contributed by atoms with van der Waals surface area (Å²) in [7, 11) is 1.66. The molecule has 19 heavy (non-hydrogen) atoms. The Balaban J connectivity index is 1.70. The zero-order valence-corrected chi connectivity index (χ0v) is 11.2. The van der Waals surface area contributed by atoms with Crippen LogP contribution in [-0.4, -0.2) is 26.7 Å². The van der Waals surface area contributed by atoms with Crippen LogP contribution in [0.4, 0.5) is 0 Å². The van der Waals surface area contributed by atoms with Gasteiger partial charge in [-0.3, -0.25) is 0 Å². The van der Waals surface area contributed by atoms with E-state index in [2.05, 4.69) is 15.1 Å². The summed E-state index contributed by atoms with van der Waals surface area (Å²) >= 11 is 1.59. The summed E-state index contributed by atoms with van der Waals surface area (Å²) in [5, 5.41) is 5.07. The Labute approximate surface area is 114 Å². The number of fused-ring (bicyclic) bond motifs is 1. The second kappa shape index (κ2) is 5.27. The molecule has 0 bridgehead atoms. The van der Waals surface area contributed by atoms with Crippen molar-refractivity contribution in [2.45, 2.75) is 10.9 Å². The van der Waals surface area contributed by atoms with E-state index in [0.29, 0.717) is 5.78 Å². The Morgan fingerprint density at radius 2 is 2.11 bits per heavy atom. The molecule has 0 atom stereocenters. The Hall–Kier alpha value is -2.08. The molecule has 96 valence electrons. The Kier molecular flexibility index (Phi) is 3.33. The molecule has 0 aliphatic rings. The smallest absolute Gasteiger partial charge is 0.253 e. The highest BCUT2D eigenvalue weighted by atomic mass is 32.2. The molecule has 0 aliphatic carbocycles. The lowest BCUT2D eigenvalue weighted by Crippen LogP contribution is -1.87. The zero-order valence-electron chi connectivity index (χ0n) is 10.4. The lowest BCUT2D eigenvalue weighted by molar-refractivity contribution is 0.414. The lowest BCUT2D eigenvalue weighted by Gasteiger charge is -2.01. The monoisotopic (exact) mass is 272 g/mol. The van der Waals surface area contributed by atoms with Crippen LogP contribution >= 0.6 is 11.8 Å². The highest BCUT2D eigenvalue weighted by Crippen LogP contribution is 2.21. The molecule has 0 saturated carbocycles. The molecule has 0 saturated heterocycles. The van der Waals surface area contributed by atoms with Crippen LogP contribution in [0.5, 0.6) is 5.75 Å². The minimum Gasteiger partial charge on any atom is -0.497 e. The summed E-state index contributed by atoms with van der Waals surface area (Å²) in [4.78, 5) is 8.48. The number of benzene rings is 1. The second-order valence-electron chi connectivity index (χ2n) is 3.90. The van der Waals surface area contributed by atoms with E-state index in [4.69, 9.17) is 4.74 Å². The first-order valence-corrected chi connectivity index (χ1v) is 6.77. The van der Waals surface area contributed by atoms with Crippen LogP contribution in [0.25, 0.3) is 5.78 Å². The van der Waals surface area contributed by atoms with Crippen molar-refractivity contribution in [3.8, 4) is 5.75 Å². The highest BCUT2D eigenvalue weighted by Gasteiger charge is 2.04. The second-order valence-corrected chi connectivity index (χ2v) is 4.84. The zero-order chi connectivity index (χ0) is 13.1. The van der Waals surface area contributed by atoms with Gasteiger partial charge in [0.1, 0.15) is 5.75 Å². The van der Waals surface area contributed by atoms with Gasteiger partial charge in [0.25, 0.3) is 5.78 Å². The van der Waals surface area contributed by atoms with Crippen molar-refractivity contribution in [2.24, 2.45) is 0 Å². The summed E-state index contributed by atoms with van der Waals surface area (Å²) in [6.07, 6.45) is 3.55. The molecule has 0 N–H and O–H groups in total. The van der Waals surface area contributed by atoms with Gasteiger partial charge in [-0.25, -0.2) is 9.50 Å². The van der Waals surface area contributed by atoms with Gasteiger partial charge in [0.05, 0.1) is 7.11 Å². The molecule has 3 rings (SSSR count). The summed E-state index contributed by atoms with van der Waals surface area (Å²) in [6, 6.07) is 9.82. The molecule has 2 aromatic heterocycles. The number of thioether (sulfide) groups is 1. The summed E-state index contributed by atoms with van der Waals surface area (Å²) in [6.45, 7) is 0. The Morgan fingerprint density at radius 1 is 1.26 bits per heavy atom. The molecular weight excluding hydrogens is 260 g/mol. The topological polar surface area (TPSA) is 52.3 Å². The molecule has 0 amide bonds. The van der Waals surface area contributed by atoms with Gasteiger partial charge < -0.3 is 4.74 Å². The minimum absolute atomic E-state index is 0.625. The number of nitrogens with zero attached hydrogens (tertiary/aromatic N) is 4. The van der Waals surface area contributed by atoms with Gasteiger partial charge in [-0.05, 0) is 23.8 Å². The van der Waals surface area contributed by atoms with Crippen LogP contribution in [-0.2, 0) is 5.75 Å². The maximum absolute atomic E-state index is 5.13. The molecule has 5 nitrogen and oxygen atoms in total. The number of hydrogen-bond acceptors (Lipinski definition) is 5. The molecule has 1 aromatic carbocycles. The van der Waals surface area contributed by atoms with Crippen molar-refractivity contribution in [2.75, 3.05) is 7.11 Å². The maximum Gasteiger partial charge on any atom is 0.253 e. The highest BCUT2D eigenvalue weighted by molar-refractivity contribution is 7.98. The normalized spacial score (nSPS) is 10.8. The predicted molar refractivity (Wildman–Crippen MR) is 73.3 cm³/mol. The molecule has 6 heteroatoms. The number of aromatic nitrogens is 4.